The minimum Gasteiger partial charge on any atom is -0.271 e. The molecule has 1 aromatic heterocycles. The molecule has 1 heterocycles. The van der Waals surface area contributed by atoms with Gasteiger partial charge in [0.25, 0.3) is 0 Å². The molecule has 0 aliphatic heterocycles. The fraction of sp³-hybridized carbons (Fsp3) is 0.308. The van der Waals surface area contributed by atoms with E-state index in [1.807, 2.05) is 30.3 Å². The molecule has 0 aliphatic rings. The first kappa shape index (κ1) is 13.9. The predicted molar refractivity (Wildman–Crippen MR) is 76.1 cm³/mol. The SMILES string of the molecule is CS(=O)(=O)CCC(NN)c1nccc2ccccc12. The second kappa shape index (κ2) is 5.64. The summed E-state index contributed by atoms with van der Waals surface area (Å²) in [5.41, 5.74) is 3.44. The number of fused-ring (bicyclic) bond motifs is 1. The van der Waals surface area contributed by atoms with Crippen molar-refractivity contribution in [2.24, 2.45) is 5.84 Å². The maximum Gasteiger partial charge on any atom is 0.147 e. The average Bonchev–Trinajstić information content (AvgIpc) is 2.38. The molecule has 6 heteroatoms. The van der Waals surface area contributed by atoms with Crippen molar-refractivity contribution in [1.82, 2.24) is 10.4 Å². The molecule has 2 aromatic rings. The largest absolute Gasteiger partial charge is 0.271 e. The highest BCUT2D eigenvalue weighted by molar-refractivity contribution is 7.90. The third-order valence-electron chi connectivity index (χ3n) is 3.01. The molecule has 19 heavy (non-hydrogen) atoms. The number of hydrogen-bond acceptors (Lipinski definition) is 5. The van der Waals surface area contributed by atoms with Gasteiger partial charge in [0.1, 0.15) is 9.84 Å². The third-order valence-corrected chi connectivity index (χ3v) is 3.99. The molecule has 0 radical (unpaired) electrons. The maximum atomic E-state index is 11.3. The number of nitrogens with zero attached hydrogens (tertiary/aromatic N) is 1. The molecule has 0 aliphatic carbocycles. The van der Waals surface area contributed by atoms with Gasteiger partial charge in [-0.05, 0) is 17.9 Å². The lowest BCUT2D eigenvalue weighted by Gasteiger charge is -2.16. The van der Waals surface area contributed by atoms with E-state index in [1.54, 1.807) is 6.20 Å². The van der Waals surface area contributed by atoms with Crippen LogP contribution in [0.25, 0.3) is 10.8 Å². The van der Waals surface area contributed by atoms with E-state index in [0.717, 1.165) is 16.5 Å². The highest BCUT2D eigenvalue weighted by Gasteiger charge is 2.16. The Labute approximate surface area is 112 Å². The summed E-state index contributed by atoms with van der Waals surface area (Å²) in [6.45, 7) is 0. The monoisotopic (exact) mass is 279 g/mol. The first-order chi connectivity index (χ1) is 9.01. The zero-order valence-electron chi connectivity index (χ0n) is 10.7. The zero-order valence-corrected chi connectivity index (χ0v) is 11.5. The summed E-state index contributed by atoms with van der Waals surface area (Å²) in [6.07, 6.45) is 3.33. The Morgan fingerprint density at radius 1 is 1.32 bits per heavy atom. The summed E-state index contributed by atoms with van der Waals surface area (Å²) < 4.78 is 22.5. The fourth-order valence-corrected chi connectivity index (χ4v) is 2.72. The first-order valence-electron chi connectivity index (χ1n) is 5.99. The van der Waals surface area contributed by atoms with Crippen LogP contribution in [0.15, 0.2) is 36.5 Å². The van der Waals surface area contributed by atoms with Gasteiger partial charge in [0, 0.05) is 17.8 Å². The lowest BCUT2D eigenvalue weighted by atomic mass is 10.0. The van der Waals surface area contributed by atoms with Crippen molar-refractivity contribution >= 4 is 20.6 Å². The first-order valence-corrected chi connectivity index (χ1v) is 8.05. The number of nitrogens with one attached hydrogen (secondary N) is 1. The number of aromatic nitrogens is 1. The van der Waals surface area contributed by atoms with Gasteiger partial charge in [-0.1, -0.05) is 24.3 Å². The van der Waals surface area contributed by atoms with Crippen molar-refractivity contribution in [1.29, 1.82) is 0 Å². The molecule has 3 N–H and O–H groups in total. The summed E-state index contributed by atoms with van der Waals surface area (Å²) in [5.74, 6) is 5.62. The summed E-state index contributed by atoms with van der Waals surface area (Å²) in [7, 11) is -3.01. The molecule has 0 spiro atoms. The minimum absolute atomic E-state index is 0.0762. The van der Waals surface area contributed by atoms with Gasteiger partial charge in [0.15, 0.2) is 0 Å². The highest BCUT2D eigenvalue weighted by Crippen LogP contribution is 2.23. The molecule has 0 saturated carbocycles. The van der Waals surface area contributed by atoms with Gasteiger partial charge in [-0.25, -0.2) is 8.42 Å². The standard InChI is InChI=1S/C13H17N3O2S/c1-19(17,18)9-7-12(16-14)13-11-5-3-2-4-10(11)6-8-15-13/h2-6,8,12,16H,7,9,14H2,1H3. The third kappa shape index (κ3) is 3.50. The number of pyridine rings is 1. The van der Waals surface area contributed by atoms with E-state index < -0.39 is 9.84 Å². The summed E-state index contributed by atoms with van der Waals surface area (Å²) in [6, 6.07) is 9.47. The molecule has 1 atom stereocenters. The van der Waals surface area contributed by atoms with Crippen LogP contribution in [0.5, 0.6) is 0 Å². The van der Waals surface area contributed by atoms with E-state index in [4.69, 9.17) is 5.84 Å². The number of sulfone groups is 1. The van der Waals surface area contributed by atoms with Gasteiger partial charge >= 0.3 is 0 Å². The molecule has 5 nitrogen and oxygen atoms in total. The van der Waals surface area contributed by atoms with Crippen molar-refractivity contribution in [3.63, 3.8) is 0 Å². The average molecular weight is 279 g/mol. The van der Waals surface area contributed by atoms with Gasteiger partial charge in [-0.2, -0.15) is 0 Å². The van der Waals surface area contributed by atoms with Crippen molar-refractivity contribution < 1.29 is 8.42 Å². The van der Waals surface area contributed by atoms with Crippen molar-refractivity contribution in [2.75, 3.05) is 12.0 Å². The summed E-state index contributed by atoms with van der Waals surface area (Å²) in [4.78, 5) is 4.34. The van der Waals surface area contributed by atoms with E-state index in [9.17, 15) is 8.42 Å². The normalized spacial score (nSPS) is 13.6. The van der Waals surface area contributed by atoms with E-state index in [2.05, 4.69) is 10.4 Å². The summed E-state index contributed by atoms with van der Waals surface area (Å²) in [5, 5.41) is 2.05. The molecule has 0 fully saturated rings. The molecule has 102 valence electrons. The van der Waals surface area contributed by atoms with Gasteiger partial charge < -0.3 is 0 Å². The number of nitrogens with two attached hydrogens (primary N) is 1. The second-order valence-corrected chi connectivity index (χ2v) is 6.81. The smallest absolute Gasteiger partial charge is 0.147 e. The van der Waals surface area contributed by atoms with Crippen LogP contribution in [0, 0.1) is 0 Å². The van der Waals surface area contributed by atoms with Crippen LogP contribution in [-0.4, -0.2) is 25.4 Å². The number of rotatable bonds is 5. The molecule has 1 aromatic carbocycles. The van der Waals surface area contributed by atoms with Crippen LogP contribution in [0.4, 0.5) is 0 Å². The number of hydrazine groups is 1. The molecular weight excluding hydrogens is 262 g/mol. The Morgan fingerprint density at radius 2 is 2.05 bits per heavy atom. The van der Waals surface area contributed by atoms with Crippen molar-refractivity contribution in [3.05, 3.63) is 42.2 Å². The Balaban J connectivity index is 2.35. The Morgan fingerprint density at radius 3 is 2.74 bits per heavy atom. The van der Waals surface area contributed by atoms with Gasteiger partial charge in [-0.15, -0.1) is 0 Å². The van der Waals surface area contributed by atoms with Crippen LogP contribution in [0.3, 0.4) is 0 Å². The van der Waals surface area contributed by atoms with Crippen LogP contribution < -0.4 is 11.3 Å². The lowest BCUT2D eigenvalue weighted by molar-refractivity contribution is 0.523. The minimum atomic E-state index is -3.01. The van der Waals surface area contributed by atoms with Crippen LogP contribution in [-0.2, 0) is 9.84 Å². The number of hydrogen-bond donors (Lipinski definition) is 2. The second-order valence-electron chi connectivity index (χ2n) is 4.56. The van der Waals surface area contributed by atoms with Crippen molar-refractivity contribution in [3.8, 4) is 0 Å². The lowest BCUT2D eigenvalue weighted by Crippen LogP contribution is -2.30. The van der Waals surface area contributed by atoms with Crippen LogP contribution >= 0.6 is 0 Å². The number of benzene rings is 1. The quantitative estimate of drug-likeness (QED) is 0.634. The van der Waals surface area contributed by atoms with Crippen molar-refractivity contribution in [2.45, 2.75) is 12.5 Å². The van der Waals surface area contributed by atoms with Gasteiger partial charge in [0.05, 0.1) is 17.5 Å². The van der Waals surface area contributed by atoms with Gasteiger partial charge in [-0.3, -0.25) is 16.3 Å². The van der Waals surface area contributed by atoms with E-state index in [-0.39, 0.29) is 11.8 Å². The Hall–Kier alpha value is -1.50. The maximum absolute atomic E-state index is 11.3. The van der Waals surface area contributed by atoms with Crippen LogP contribution in [0.2, 0.25) is 0 Å². The van der Waals surface area contributed by atoms with E-state index in [0.29, 0.717) is 6.42 Å². The molecule has 0 saturated heterocycles. The molecule has 0 bridgehead atoms. The Bertz CT molecular complexity index is 665. The Kier molecular flexibility index (Phi) is 4.14. The van der Waals surface area contributed by atoms with E-state index >= 15 is 0 Å². The molecular formula is C13H17N3O2S. The fourth-order valence-electron chi connectivity index (χ4n) is 2.05. The van der Waals surface area contributed by atoms with Crippen LogP contribution in [0.1, 0.15) is 18.2 Å². The van der Waals surface area contributed by atoms with E-state index in [1.165, 1.54) is 6.26 Å². The molecule has 0 amide bonds. The zero-order chi connectivity index (χ0) is 13.9. The summed E-state index contributed by atoms with van der Waals surface area (Å²) >= 11 is 0. The molecule has 1 unspecified atom stereocenters. The molecule has 2 rings (SSSR count). The topological polar surface area (TPSA) is 85.1 Å². The van der Waals surface area contributed by atoms with Gasteiger partial charge in [0.2, 0.25) is 0 Å². The highest BCUT2D eigenvalue weighted by atomic mass is 32.2. The predicted octanol–water partition coefficient (Wildman–Crippen LogP) is 1.17.